The van der Waals surface area contributed by atoms with Gasteiger partial charge < -0.3 is 5.32 Å². The molecule has 6 nitrogen and oxygen atoms in total. The van der Waals surface area contributed by atoms with E-state index in [4.69, 9.17) is 0 Å². The largest absolute Gasteiger partial charge is 0.326 e. The van der Waals surface area contributed by atoms with Gasteiger partial charge in [-0.15, -0.1) is 0 Å². The number of carbonyl (C=O) groups excluding carboxylic acids is 1. The molecule has 0 aliphatic heterocycles. The van der Waals surface area contributed by atoms with E-state index in [0.29, 0.717) is 11.4 Å². The number of nitrogens with zero attached hydrogens (tertiary/aromatic N) is 1. The van der Waals surface area contributed by atoms with Crippen molar-refractivity contribution in [3.63, 3.8) is 0 Å². The van der Waals surface area contributed by atoms with Crippen LogP contribution in [0.3, 0.4) is 0 Å². The Morgan fingerprint density at radius 2 is 2.00 bits per heavy atom. The van der Waals surface area contributed by atoms with Crippen molar-refractivity contribution in [3.05, 3.63) is 52.4 Å². The summed E-state index contributed by atoms with van der Waals surface area (Å²) >= 11 is 0. The van der Waals surface area contributed by atoms with Gasteiger partial charge in [0.25, 0.3) is 5.56 Å². The molecule has 110 valence electrons. The molecule has 2 amide bonds. The van der Waals surface area contributed by atoms with E-state index in [9.17, 15) is 9.59 Å². The first-order valence-electron chi connectivity index (χ1n) is 6.90. The molecule has 0 saturated carbocycles. The monoisotopic (exact) mass is 286 g/mol. The molecule has 0 atom stereocenters. The minimum atomic E-state index is -0.447. The Morgan fingerprint density at radius 3 is 2.71 bits per heavy atom. The number of urea groups is 1. The number of para-hydroxylation sites is 1. The van der Waals surface area contributed by atoms with E-state index in [-0.39, 0.29) is 11.5 Å². The van der Waals surface area contributed by atoms with Gasteiger partial charge in [0.15, 0.2) is 0 Å². The highest BCUT2D eigenvalue weighted by atomic mass is 16.2. The maximum absolute atomic E-state index is 11.8. The minimum Gasteiger partial charge on any atom is -0.308 e. The number of aromatic amines is 1. The van der Waals surface area contributed by atoms with Crippen molar-refractivity contribution in [2.24, 2.45) is 0 Å². The Morgan fingerprint density at radius 1 is 1.24 bits per heavy atom. The van der Waals surface area contributed by atoms with Crippen LogP contribution < -0.4 is 16.2 Å². The Hall–Kier alpha value is -2.63. The molecular weight excluding hydrogens is 268 g/mol. The fourth-order valence-corrected chi connectivity index (χ4v) is 1.84. The molecule has 1 aromatic heterocycles. The van der Waals surface area contributed by atoms with Crippen LogP contribution in [0.4, 0.5) is 16.4 Å². The summed E-state index contributed by atoms with van der Waals surface area (Å²) in [5.41, 5.74) is 1.07. The van der Waals surface area contributed by atoms with Crippen LogP contribution in [-0.4, -0.2) is 16.0 Å². The number of carbonyl (C=O) groups is 1. The molecule has 0 radical (unpaired) electrons. The van der Waals surface area contributed by atoms with Crippen LogP contribution >= 0.6 is 0 Å². The summed E-state index contributed by atoms with van der Waals surface area (Å²) in [5, 5.41) is 5.19. The van der Waals surface area contributed by atoms with Crippen molar-refractivity contribution >= 4 is 17.7 Å². The third-order valence-electron chi connectivity index (χ3n) is 2.84. The third-order valence-corrected chi connectivity index (χ3v) is 2.84. The van der Waals surface area contributed by atoms with Crippen molar-refractivity contribution in [3.8, 4) is 0 Å². The zero-order chi connectivity index (χ0) is 15.1. The molecule has 1 aromatic carbocycles. The number of benzene rings is 1. The van der Waals surface area contributed by atoms with Crippen molar-refractivity contribution in [1.29, 1.82) is 0 Å². The van der Waals surface area contributed by atoms with Crippen LogP contribution in [-0.2, 0) is 6.42 Å². The fourth-order valence-electron chi connectivity index (χ4n) is 1.84. The van der Waals surface area contributed by atoms with Gasteiger partial charge in [-0.05, 0) is 25.0 Å². The SMILES string of the molecule is CCCCc1cc(=O)[nH]c(NC(=O)Nc2ccccc2)n1. The summed E-state index contributed by atoms with van der Waals surface area (Å²) < 4.78 is 0. The van der Waals surface area contributed by atoms with Crippen molar-refractivity contribution in [2.45, 2.75) is 26.2 Å². The number of H-pyrrole nitrogens is 1. The maximum atomic E-state index is 11.8. The number of rotatable bonds is 5. The van der Waals surface area contributed by atoms with Crippen LogP contribution in [0.25, 0.3) is 0 Å². The van der Waals surface area contributed by atoms with E-state index in [1.54, 1.807) is 12.1 Å². The van der Waals surface area contributed by atoms with E-state index in [1.807, 2.05) is 18.2 Å². The lowest BCUT2D eigenvalue weighted by Crippen LogP contribution is -2.23. The maximum Gasteiger partial charge on any atom is 0.326 e. The van der Waals surface area contributed by atoms with Gasteiger partial charge in [-0.3, -0.25) is 15.1 Å². The number of unbranched alkanes of at least 4 members (excludes halogenated alkanes) is 1. The second-order valence-corrected chi connectivity index (χ2v) is 4.63. The van der Waals surface area contributed by atoms with Gasteiger partial charge in [0, 0.05) is 17.4 Å². The van der Waals surface area contributed by atoms with E-state index < -0.39 is 6.03 Å². The molecule has 2 aromatic rings. The summed E-state index contributed by atoms with van der Waals surface area (Å²) in [4.78, 5) is 30.1. The average molecular weight is 286 g/mol. The van der Waals surface area contributed by atoms with Gasteiger partial charge >= 0.3 is 6.03 Å². The predicted molar refractivity (Wildman–Crippen MR) is 82.6 cm³/mol. The Kier molecular flexibility index (Phi) is 5.09. The van der Waals surface area contributed by atoms with E-state index in [1.165, 1.54) is 6.07 Å². The van der Waals surface area contributed by atoms with E-state index in [2.05, 4.69) is 27.5 Å². The van der Waals surface area contributed by atoms with Gasteiger partial charge in [-0.2, -0.15) is 0 Å². The second-order valence-electron chi connectivity index (χ2n) is 4.63. The molecule has 0 saturated heterocycles. The molecule has 0 aliphatic rings. The number of aromatic nitrogens is 2. The van der Waals surface area contributed by atoms with Crippen molar-refractivity contribution in [2.75, 3.05) is 10.6 Å². The summed E-state index contributed by atoms with van der Waals surface area (Å²) in [6.45, 7) is 2.07. The number of anilines is 2. The lowest BCUT2D eigenvalue weighted by atomic mass is 10.2. The van der Waals surface area contributed by atoms with Crippen LogP contribution in [0.15, 0.2) is 41.2 Å². The summed E-state index contributed by atoms with van der Waals surface area (Å²) in [6, 6.07) is 10.1. The molecule has 21 heavy (non-hydrogen) atoms. The molecule has 0 aliphatic carbocycles. The zero-order valence-corrected chi connectivity index (χ0v) is 11.8. The van der Waals surface area contributed by atoms with E-state index >= 15 is 0 Å². The Balaban J connectivity index is 2.03. The van der Waals surface area contributed by atoms with Gasteiger partial charge in [0.05, 0.1) is 0 Å². The lowest BCUT2D eigenvalue weighted by molar-refractivity contribution is 0.262. The highest BCUT2D eigenvalue weighted by molar-refractivity contribution is 5.98. The lowest BCUT2D eigenvalue weighted by Gasteiger charge is -2.07. The van der Waals surface area contributed by atoms with Crippen LogP contribution in [0, 0.1) is 0 Å². The number of hydrogen-bond acceptors (Lipinski definition) is 3. The topological polar surface area (TPSA) is 86.9 Å². The van der Waals surface area contributed by atoms with Gasteiger partial charge in [0.2, 0.25) is 5.95 Å². The summed E-state index contributed by atoms with van der Waals surface area (Å²) in [7, 11) is 0. The van der Waals surface area contributed by atoms with Crippen LogP contribution in [0.5, 0.6) is 0 Å². The number of amides is 2. The zero-order valence-electron chi connectivity index (χ0n) is 11.8. The molecule has 2 rings (SSSR count). The van der Waals surface area contributed by atoms with Crippen LogP contribution in [0.2, 0.25) is 0 Å². The highest BCUT2D eigenvalue weighted by Crippen LogP contribution is 2.06. The van der Waals surface area contributed by atoms with E-state index in [0.717, 1.165) is 19.3 Å². The van der Waals surface area contributed by atoms with Crippen molar-refractivity contribution in [1.82, 2.24) is 9.97 Å². The van der Waals surface area contributed by atoms with Gasteiger partial charge in [0.1, 0.15) is 0 Å². The molecule has 0 fully saturated rings. The van der Waals surface area contributed by atoms with Crippen LogP contribution in [0.1, 0.15) is 25.5 Å². The molecule has 0 unspecified atom stereocenters. The fraction of sp³-hybridized carbons (Fsp3) is 0.267. The number of aryl methyl sites for hydroxylation is 1. The Labute approximate surface area is 122 Å². The first kappa shape index (κ1) is 14.8. The summed E-state index contributed by atoms with van der Waals surface area (Å²) in [6.07, 6.45) is 2.69. The number of hydrogen-bond donors (Lipinski definition) is 3. The number of nitrogens with one attached hydrogen (secondary N) is 3. The molecule has 0 bridgehead atoms. The summed E-state index contributed by atoms with van der Waals surface area (Å²) in [5.74, 6) is 0.155. The molecule has 0 spiro atoms. The second kappa shape index (κ2) is 7.23. The molecule has 3 N–H and O–H groups in total. The van der Waals surface area contributed by atoms with Gasteiger partial charge in [-0.1, -0.05) is 31.5 Å². The normalized spacial score (nSPS) is 10.1. The quantitative estimate of drug-likeness (QED) is 0.789. The predicted octanol–water partition coefficient (Wildman–Crippen LogP) is 2.76. The Bertz CT molecular complexity index is 652. The molecule has 6 heteroatoms. The standard InChI is InChI=1S/C15H18N4O2/c1-2-3-7-12-10-13(20)18-14(16-12)19-15(21)17-11-8-5-4-6-9-11/h4-6,8-10H,2-3,7H2,1H3,(H3,16,17,18,19,20,21). The molecular formula is C15H18N4O2. The first-order chi connectivity index (χ1) is 10.2. The molecule has 1 heterocycles. The third kappa shape index (κ3) is 4.76. The average Bonchev–Trinajstić information content (AvgIpc) is 2.45. The highest BCUT2D eigenvalue weighted by Gasteiger charge is 2.06. The first-order valence-corrected chi connectivity index (χ1v) is 6.90. The smallest absolute Gasteiger partial charge is 0.308 e. The van der Waals surface area contributed by atoms with Gasteiger partial charge in [-0.25, -0.2) is 9.78 Å². The minimum absolute atomic E-state index is 0.155. The van der Waals surface area contributed by atoms with Crippen molar-refractivity contribution < 1.29 is 4.79 Å².